The Labute approximate surface area is 106 Å². The largest absolute Gasteiger partial charge is 0.468 e. The van der Waals surface area contributed by atoms with Gasteiger partial charge in [-0.15, -0.1) is 0 Å². The van der Waals surface area contributed by atoms with Gasteiger partial charge in [0.2, 0.25) is 5.79 Å². The third-order valence-electron chi connectivity index (χ3n) is 3.36. The molecular weight excluding hydrogens is 240 g/mol. The van der Waals surface area contributed by atoms with E-state index in [1.807, 2.05) is 0 Å². The molecular formula is C12H18O6. The molecule has 1 rings (SSSR count). The maximum Gasteiger partial charge on any atom is 0.333 e. The minimum atomic E-state index is -1.18. The molecule has 0 spiro atoms. The van der Waals surface area contributed by atoms with Gasteiger partial charge < -0.3 is 18.9 Å². The summed E-state index contributed by atoms with van der Waals surface area (Å²) in [6, 6.07) is 0. The third kappa shape index (κ3) is 2.20. The van der Waals surface area contributed by atoms with E-state index >= 15 is 0 Å². The molecule has 0 bridgehead atoms. The van der Waals surface area contributed by atoms with E-state index in [2.05, 4.69) is 4.74 Å². The number of methoxy groups -OCH3 is 3. The van der Waals surface area contributed by atoms with E-state index in [4.69, 9.17) is 14.2 Å². The predicted molar refractivity (Wildman–Crippen MR) is 61.3 cm³/mol. The van der Waals surface area contributed by atoms with E-state index in [1.165, 1.54) is 27.4 Å². The van der Waals surface area contributed by atoms with Crippen LogP contribution in [0, 0.1) is 5.41 Å². The molecule has 0 aliphatic carbocycles. The van der Waals surface area contributed by atoms with E-state index in [-0.39, 0.29) is 6.42 Å². The highest BCUT2D eigenvalue weighted by Gasteiger charge is 2.59. The van der Waals surface area contributed by atoms with Crippen LogP contribution in [0.1, 0.15) is 20.3 Å². The topological polar surface area (TPSA) is 71.1 Å². The minimum Gasteiger partial charge on any atom is -0.468 e. The van der Waals surface area contributed by atoms with Crippen molar-refractivity contribution in [3.8, 4) is 0 Å². The number of rotatable bonds is 3. The van der Waals surface area contributed by atoms with Crippen LogP contribution in [0.15, 0.2) is 11.8 Å². The molecule has 0 saturated carbocycles. The Morgan fingerprint density at radius 1 is 1.22 bits per heavy atom. The number of carbonyl (C=O) groups excluding carboxylic acids is 2. The second-order valence-corrected chi connectivity index (χ2v) is 4.39. The van der Waals surface area contributed by atoms with Gasteiger partial charge in [0.05, 0.1) is 20.3 Å². The fourth-order valence-corrected chi connectivity index (χ4v) is 1.93. The highest BCUT2D eigenvalue weighted by Crippen LogP contribution is 2.49. The Morgan fingerprint density at radius 3 is 2.28 bits per heavy atom. The Kier molecular flexibility index (Phi) is 4.01. The van der Waals surface area contributed by atoms with Gasteiger partial charge in [0, 0.05) is 20.5 Å². The summed E-state index contributed by atoms with van der Waals surface area (Å²) in [5, 5.41) is 0. The zero-order chi connectivity index (χ0) is 14.0. The number of carbonyl (C=O) groups is 2. The number of hydrogen-bond acceptors (Lipinski definition) is 6. The van der Waals surface area contributed by atoms with Gasteiger partial charge in [0.15, 0.2) is 0 Å². The van der Waals surface area contributed by atoms with Crippen LogP contribution in [0.25, 0.3) is 0 Å². The van der Waals surface area contributed by atoms with Crippen LogP contribution in [-0.2, 0) is 28.5 Å². The summed E-state index contributed by atoms with van der Waals surface area (Å²) >= 11 is 0. The smallest absolute Gasteiger partial charge is 0.333 e. The molecule has 1 fully saturated rings. The number of hydrogen-bond donors (Lipinski definition) is 0. The van der Waals surface area contributed by atoms with Gasteiger partial charge in [0.1, 0.15) is 11.2 Å². The van der Waals surface area contributed by atoms with Crippen molar-refractivity contribution in [1.82, 2.24) is 0 Å². The van der Waals surface area contributed by atoms with E-state index in [0.717, 1.165) is 0 Å². The van der Waals surface area contributed by atoms with Gasteiger partial charge in [-0.2, -0.15) is 0 Å². The van der Waals surface area contributed by atoms with Crippen molar-refractivity contribution in [2.45, 2.75) is 26.1 Å². The molecule has 18 heavy (non-hydrogen) atoms. The Balaban J connectivity index is 3.09. The number of esters is 2. The average Bonchev–Trinajstić information content (AvgIpc) is 2.61. The zero-order valence-electron chi connectivity index (χ0n) is 11.2. The van der Waals surface area contributed by atoms with Crippen LogP contribution in [-0.4, -0.2) is 39.1 Å². The van der Waals surface area contributed by atoms with Crippen LogP contribution in [0.2, 0.25) is 0 Å². The van der Waals surface area contributed by atoms with Gasteiger partial charge in [-0.25, -0.2) is 4.79 Å². The lowest BCUT2D eigenvalue weighted by Crippen LogP contribution is -2.48. The third-order valence-corrected chi connectivity index (χ3v) is 3.36. The molecule has 2 atom stereocenters. The SMILES string of the molecule is COC(=O)/C=C1/C[C@@](C)(C(=O)OC)[C@@](C)(OC)O1. The van der Waals surface area contributed by atoms with Gasteiger partial charge >= 0.3 is 11.9 Å². The van der Waals surface area contributed by atoms with E-state index in [9.17, 15) is 9.59 Å². The lowest BCUT2D eigenvalue weighted by Gasteiger charge is -2.34. The van der Waals surface area contributed by atoms with Gasteiger partial charge in [-0.05, 0) is 6.92 Å². The maximum absolute atomic E-state index is 11.9. The molecule has 1 aliphatic rings. The summed E-state index contributed by atoms with van der Waals surface area (Å²) in [5.74, 6) is -1.85. The maximum atomic E-state index is 11.9. The van der Waals surface area contributed by atoms with Crippen molar-refractivity contribution in [2.24, 2.45) is 5.41 Å². The molecule has 0 aromatic rings. The normalized spacial score (nSPS) is 33.1. The fraction of sp³-hybridized carbons (Fsp3) is 0.667. The number of allylic oxidation sites excluding steroid dienone is 1. The van der Waals surface area contributed by atoms with Gasteiger partial charge in [-0.1, -0.05) is 0 Å². The Bertz CT molecular complexity index is 388. The van der Waals surface area contributed by atoms with Crippen molar-refractivity contribution < 1.29 is 28.5 Å². The summed E-state index contributed by atoms with van der Waals surface area (Å²) in [7, 11) is 4.00. The Morgan fingerprint density at radius 2 is 1.83 bits per heavy atom. The molecule has 1 saturated heterocycles. The van der Waals surface area contributed by atoms with Crippen molar-refractivity contribution in [3.05, 3.63) is 11.8 Å². The van der Waals surface area contributed by atoms with Crippen LogP contribution in [0.3, 0.4) is 0 Å². The second kappa shape index (κ2) is 4.97. The minimum absolute atomic E-state index is 0.207. The molecule has 0 unspecified atom stereocenters. The predicted octanol–water partition coefficient (Wildman–Crippen LogP) is 1.01. The van der Waals surface area contributed by atoms with Crippen molar-refractivity contribution >= 4 is 11.9 Å². The van der Waals surface area contributed by atoms with E-state index in [0.29, 0.717) is 5.76 Å². The van der Waals surface area contributed by atoms with Crippen LogP contribution >= 0.6 is 0 Å². The first-order valence-electron chi connectivity index (χ1n) is 5.44. The molecule has 1 aliphatic heterocycles. The quantitative estimate of drug-likeness (QED) is 0.555. The van der Waals surface area contributed by atoms with Gasteiger partial charge in [0.25, 0.3) is 0 Å². The molecule has 0 radical (unpaired) electrons. The zero-order valence-corrected chi connectivity index (χ0v) is 11.2. The first-order valence-corrected chi connectivity index (χ1v) is 5.44. The molecule has 0 aromatic carbocycles. The summed E-state index contributed by atoms with van der Waals surface area (Å²) in [4.78, 5) is 23.1. The van der Waals surface area contributed by atoms with E-state index < -0.39 is 23.1 Å². The fourth-order valence-electron chi connectivity index (χ4n) is 1.93. The average molecular weight is 258 g/mol. The molecule has 102 valence electrons. The summed E-state index contributed by atoms with van der Waals surface area (Å²) < 4.78 is 20.1. The molecule has 6 nitrogen and oxygen atoms in total. The first kappa shape index (κ1) is 14.5. The molecule has 6 heteroatoms. The highest BCUT2D eigenvalue weighted by molar-refractivity contribution is 5.83. The summed E-state index contributed by atoms with van der Waals surface area (Å²) in [6.45, 7) is 3.29. The standard InChI is InChI=1S/C12H18O6/c1-11(10(14)16-4)7-8(6-9(13)15-3)18-12(11,2)17-5/h6H,7H2,1-5H3/b8-6-/t11-,12-/m0/s1. The van der Waals surface area contributed by atoms with E-state index in [1.54, 1.807) is 13.8 Å². The molecule has 1 heterocycles. The highest BCUT2D eigenvalue weighted by atomic mass is 16.7. The molecule has 0 amide bonds. The monoisotopic (exact) mass is 258 g/mol. The summed E-state index contributed by atoms with van der Waals surface area (Å²) in [6.07, 6.45) is 1.41. The lowest BCUT2D eigenvalue weighted by atomic mass is 9.80. The number of ether oxygens (including phenoxy) is 4. The first-order chi connectivity index (χ1) is 8.32. The van der Waals surface area contributed by atoms with Crippen molar-refractivity contribution in [3.63, 3.8) is 0 Å². The summed E-state index contributed by atoms with van der Waals surface area (Å²) in [5.41, 5.74) is -1.02. The molecule has 0 N–H and O–H groups in total. The second-order valence-electron chi connectivity index (χ2n) is 4.39. The van der Waals surface area contributed by atoms with Gasteiger partial charge in [-0.3, -0.25) is 4.79 Å². The van der Waals surface area contributed by atoms with Crippen LogP contribution in [0.4, 0.5) is 0 Å². The van der Waals surface area contributed by atoms with Crippen LogP contribution in [0.5, 0.6) is 0 Å². The Hall–Kier alpha value is -1.56. The molecule has 0 aromatic heterocycles. The van der Waals surface area contributed by atoms with Crippen molar-refractivity contribution in [1.29, 1.82) is 0 Å². The van der Waals surface area contributed by atoms with Crippen LogP contribution < -0.4 is 0 Å². The lowest BCUT2D eigenvalue weighted by molar-refractivity contribution is -0.226. The van der Waals surface area contributed by atoms with Crippen molar-refractivity contribution in [2.75, 3.05) is 21.3 Å².